The molecule has 0 aromatic carbocycles. The Morgan fingerprint density at radius 2 is 2.23 bits per heavy atom. The summed E-state index contributed by atoms with van der Waals surface area (Å²) < 4.78 is 10.1. The van der Waals surface area contributed by atoms with Gasteiger partial charge in [0, 0.05) is 0 Å². The summed E-state index contributed by atoms with van der Waals surface area (Å²) in [5, 5.41) is 23.8. The van der Waals surface area contributed by atoms with E-state index in [2.05, 4.69) is 5.32 Å². The minimum absolute atomic E-state index is 0.0184. The molecule has 1 fully saturated rings. The van der Waals surface area contributed by atoms with Crippen LogP contribution in [0.25, 0.3) is 0 Å². The van der Waals surface area contributed by atoms with Gasteiger partial charge in [0.25, 0.3) is 5.91 Å². The van der Waals surface area contributed by atoms with Crippen molar-refractivity contribution in [2.75, 3.05) is 6.54 Å². The van der Waals surface area contributed by atoms with E-state index in [1.165, 1.54) is 12.3 Å². The van der Waals surface area contributed by atoms with Gasteiger partial charge in [-0.05, 0) is 37.0 Å². The number of nitrogens with one attached hydrogen (secondary N) is 1. The zero-order chi connectivity index (χ0) is 15.7. The van der Waals surface area contributed by atoms with Crippen molar-refractivity contribution in [3.05, 3.63) is 52.2 Å². The highest BCUT2D eigenvalue weighted by molar-refractivity contribution is 5.91. The highest BCUT2D eigenvalue weighted by Gasteiger charge is 2.47. The second-order valence-electron chi connectivity index (χ2n) is 5.25. The van der Waals surface area contributed by atoms with Crippen LogP contribution in [0.5, 0.6) is 0 Å². The van der Waals surface area contributed by atoms with Gasteiger partial charge in [-0.25, -0.2) is 0 Å². The maximum absolute atomic E-state index is 12.0. The average Bonchev–Trinajstić information content (AvgIpc) is 3.03. The molecule has 116 valence electrons. The Bertz CT molecular complexity index is 688. The monoisotopic (exact) mass is 306 g/mol. The smallest absolute Gasteiger partial charge is 0.433 e. The summed E-state index contributed by atoms with van der Waals surface area (Å²) in [5.41, 5.74) is -1.28. The molecule has 1 aliphatic rings. The summed E-state index contributed by atoms with van der Waals surface area (Å²) in [6.07, 6.45) is 3.15. The normalized spacial score (nSPS) is 17.0. The van der Waals surface area contributed by atoms with Crippen LogP contribution in [0.4, 0.5) is 5.88 Å². The first-order chi connectivity index (χ1) is 10.5. The van der Waals surface area contributed by atoms with Gasteiger partial charge in [0.05, 0.1) is 18.9 Å². The van der Waals surface area contributed by atoms with Crippen LogP contribution in [-0.4, -0.2) is 22.5 Å². The van der Waals surface area contributed by atoms with Crippen LogP contribution in [0.15, 0.2) is 39.4 Å². The maximum Gasteiger partial charge on any atom is 0.433 e. The van der Waals surface area contributed by atoms with Crippen molar-refractivity contribution in [2.45, 2.75) is 18.4 Å². The summed E-state index contributed by atoms with van der Waals surface area (Å²) in [6, 6.07) is 5.65. The van der Waals surface area contributed by atoms with Crippen LogP contribution in [0.3, 0.4) is 0 Å². The Morgan fingerprint density at radius 1 is 1.45 bits per heavy atom. The molecule has 0 unspecified atom stereocenters. The van der Waals surface area contributed by atoms with Crippen LogP contribution in [-0.2, 0) is 5.60 Å². The van der Waals surface area contributed by atoms with E-state index in [9.17, 15) is 20.0 Å². The maximum atomic E-state index is 12.0. The second-order valence-corrected chi connectivity index (χ2v) is 5.25. The highest BCUT2D eigenvalue weighted by atomic mass is 16.6. The van der Waals surface area contributed by atoms with Crippen molar-refractivity contribution in [3.8, 4) is 0 Å². The van der Waals surface area contributed by atoms with Gasteiger partial charge in [0.15, 0.2) is 5.76 Å². The summed E-state index contributed by atoms with van der Waals surface area (Å²) in [5.74, 6) is -0.901. The fraction of sp³-hybridized carbons (Fsp3) is 0.357. The number of nitrogens with zero attached hydrogens (tertiary/aromatic N) is 1. The highest BCUT2D eigenvalue weighted by Crippen LogP contribution is 2.45. The Morgan fingerprint density at radius 3 is 2.77 bits per heavy atom. The van der Waals surface area contributed by atoms with Gasteiger partial charge in [-0.15, -0.1) is 0 Å². The number of nitro groups is 1. The predicted molar refractivity (Wildman–Crippen MR) is 73.0 cm³/mol. The minimum Gasteiger partial charge on any atom is -0.466 e. The van der Waals surface area contributed by atoms with E-state index >= 15 is 0 Å². The van der Waals surface area contributed by atoms with Crippen molar-refractivity contribution < 1.29 is 23.7 Å². The van der Waals surface area contributed by atoms with E-state index in [1.807, 2.05) is 0 Å². The lowest BCUT2D eigenvalue weighted by Gasteiger charge is -2.26. The summed E-state index contributed by atoms with van der Waals surface area (Å²) in [7, 11) is 0. The second kappa shape index (κ2) is 5.30. The fourth-order valence-electron chi connectivity index (χ4n) is 2.37. The molecule has 1 aliphatic carbocycles. The molecular formula is C14H14N2O6. The molecule has 0 bridgehead atoms. The van der Waals surface area contributed by atoms with Crippen LogP contribution in [0.2, 0.25) is 0 Å². The molecule has 2 aromatic heterocycles. The molecule has 0 spiro atoms. The predicted octanol–water partition coefficient (Wildman–Crippen LogP) is 1.81. The standard InChI is InChI=1S/C14H14N2O6/c17-13(10-5-6-12(22-10)16(19)20)15-8-14(18,9-3-4-9)11-2-1-7-21-11/h1-2,5-7,9,18H,3-4,8H2,(H,15,17)/t14-/m0/s1. The van der Waals surface area contributed by atoms with Gasteiger partial charge in [0.1, 0.15) is 16.3 Å². The zero-order valence-corrected chi connectivity index (χ0v) is 11.5. The molecule has 8 nitrogen and oxygen atoms in total. The van der Waals surface area contributed by atoms with E-state index in [4.69, 9.17) is 8.83 Å². The van der Waals surface area contributed by atoms with Gasteiger partial charge in [0.2, 0.25) is 0 Å². The third kappa shape index (κ3) is 2.60. The van der Waals surface area contributed by atoms with Crippen molar-refractivity contribution in [1.29, 1.82) is 0 Å². The molecule has 3 rings (SSSR count). The molecule has 0 aliphatic heterocycles. The van der Waals surface area contributed by atoms with Gasteiger partial charge in [-0.3, -0.25) is 14.9 Å². The Hall–Kier alpha value is -2.61. The van der Waals surface area contributed by atoms with Crippen LogP contribution in [0.1, 0.15) is 29.2 Å². The summed E-state index contributed by atoms with van der Waals surface area (Å²) >= 11 is 0. The number of furan rings is 2. The number of carbonyl (C=O) groups is 1. The molecular weight excluding hydrogens is 292 g/mol. The molecule has 22 heavy (non-hydrogen) atoms. The van der Waals surface area contributed by atoms with Crippen molar-refractivity contribution in [2.24, 2.45) is 5.92 Å². The van der Waals surface area contributed by atoms with E-state index in [0.29, 0.717) is 5.76 Å². The largest absolute Gasteiger partial charge is 0.466 e. The first-order valence-electron chi connectivity index (χ1n) is 6.79. The molecule has 2 heterocycles. The fourth-order valence-corrected chi connectivity index (χ4v) is 2.37. The Kier molecular flexibility index (Phi) is 3.45. The van der Waals surface area contributed by atoms with E-state index in [-0.39, 0.29) is 18.2 Å². The Balaban J connectivity index is 1.69. The topological polar surface area (TPSA) is 119 Å². The lowest BCUT2D eigenvalue weighted by Crippen LogP contribution is -2.42. The third-order valence-corrected chi connectivity index (χ3v) is 3.71. The van der Waals surface area contributed by atoms with Crippen molar-refractivity contribution >= 4 is 11.8 Å². The number of aliphatic hydroxyl groups is 1. The molecule has 2 N–H and O–H groups in total. The van der Waals surface area contributed by atoms with Crippen molar-refractivity contribution in [1.82, 2.24) is 5.32 Å². The molecule has 0 saturated heterocycles. The van der Waals surface area contributed by atoms with Crippen LogP contribution < -0.4 is 5.32 Å². The summed E-state index contributed by atoms with van der Waals surface area (Å²) in [4.78, 5) is 21.8. The van der Waals surface area contributed by atoms with Gasteiger partial charge >= 0.3 is 5.88 Å². The lowest BCUT2D eigenvalue weighted by atomic mass is 9.94. The molecule has 1 saturated carbocycles. The number of amides is 1. The van der Waals surface area contributed by atoms with Gasteiger partial charge in [-0.1, -0.05) is 0 Å². The van der Waals surface area contributed by atoms with Gasteiger partial charge in [-0.2, -0.15) is 0 Å². The zero-order valence-electron chi connectivity index (χ0n) is 11.5. The van der Waals surface area contributed by atoms with Gasteiger partial charge < -0.3 is 19.3 Å². The molecule has 0 radical (unpaired) electrons. The number of hydrogen-bond acceptors (Lipinski definition) is 6. The lowest BCUT2D eigenvalue weighted by molar-refractivity contribution is -0.402. The van der Waals surface area contributed by atoms with E-state index < -0.39 is 22.3 Å². The SMILES string of the molecule is O=C(NC[C@@](O)(c1ccco1)C1CC1)c1ccc([N+](=O)[O-])o1. The molecule has 1 atom stereocenters. The third-order valence-electron chi connectivity index (χ3n) is 3.71. The van der Waals surface area contributed by atoms with E-state index in [0.717, 1.165) is 18.9 Å². The first kappa shape index (κ1) is 14.3. The molecule has 8 heteroatoms. The number of hydrogen-bond donors (Lipinski definition) is 2. The van der Waals surface area contributed by atoms with Crippen molar-refractivity contribution in [3.63, 3.8) is 0 Å². The van der Waals surface area contributed by atoms with E-state index in [1.54, 1.807) is 12.1 Å². The van der Waals surface area contributed by atoms with Crippen LogP contribution in [0, 0.1) is 16.0 Å². The Labute approximate surface area is 124 Å². The summed E-state index contributed by atoms with van der Waals surface area (Å²) in [6.45, 7) is -0.0570. The molecule has 1 amide bonds. The number of rotatable bonds is 6. The average molecular weight is 306 g/mol. The van der Waals surface area contributed by atoms with Crippen LogP contribution >= 0.6 is 0 Å². The quantitative estimate of drug-likeness (QED) is 0.620. The molecule has 2 aromatic rings. The minimum atomic E-state index is -1.28. The number of carbonyl (C=O) groups excluding carboxylic acids is 1. The first-order valence-corrected chi connectivity index (χ1v) is 6.79.